The predicted octanol–water partition coefficient (Wildman–Crippen LogP) is 6.94. The molecule has 1 aliphatic heterocycles. The summed E-state index contributed by atoms with van der Waals surface area (Å²) >= 11 is 0. The molecule has 0 bridgehead atoms. The van der Waals surface area contributed by atoms with Crippen molar-refractivity contribution in [2.75, 3.05) is 13.7 Å². The Labute approximate surface area is 239 Å². The molecule has 3 atom stereocenters. The summed E-state index contributed by atoms with van der Waals surface area (Å²) < 4.78 is 29.8. The smallest absolute Gasteiger partial charge is 0.192 e. The van der Waals surface area contributed by atoms with Crippen LogP contribution in [0.25, 0.3) is 27.8 Å². The Kier molecular flexibility index (Phi) is 7.22. The number of methoxy groups -OCH3 is 1. The third kappa shape index (κ3) is 5.11. The summed E-state index contributed by atoms with van der Waals surface area (Å²) in [5.41, 5.74) is 4.05. The lowest BCUT2D eigenvalue weighted by Gasteiger charge is -2.40. The molecule has 0 unspecified atom stereocenters. The number of nitrogens with zero attached hydrogens (tertiary/aromatic N) is 5. The highest BCUT2D eigenvalue weighted by atomic mass is 28.4. The summed E-state index contributed by atoms with van der Waals surface area (Å²) in [4.78, 5) is 14.4. The Hall–Kier alpha value is -2.32. The number of ether oxygens (including phenoxy) is 2. The molecule has 9 nitrogen and oxygen atoms in total. The van der Waals surface area contributed by atoms with E-state index in [1.165, 1.54) is 0 Å². The summed E-state index contributed by atoms with van der Waals surface area (Å²) in [5, 5.41) is 0.213. The maximum Gasteiger partial charge on any atom is 0.192 e. The minimum absolute atomic E-state index is 0.0710. The fourth-order valence-electron chi connectivity index (χ4n) is 4.65. The molecule has 4 aromatic rings. The fourth-order valence-corrected chi connectivity index (χ4v) is 7.03. The van der Waals surface area contributed by atoms with Crippen molar-refractivity contribution in [2.45, 2.75) is 103 Å². The lowest BCUT2D eigenvalue weighted by Crippen LogP contribution is -2.48. The molecule has 0 radical (unpaired) electrons. The van der Waals surface area contributed by atoms with Crippen LogP contribution in [0.1, 0.15) is 54.2 Å². The Balaban J connectivity index is 1.48. The summed E-state index contributed by atoms with van der Waals surface area (Å²) in [7, 11) is -2.34. The molecule has 1 fully saturated rings. The summed E-state index contributed by atoms with van der Waals surface area (Å²) in [6, 6.07) is 5.84. The van der Waals surface area contributed by atoms with E-state index in [9.17, 15) is 0 Å². The van der Waals surface area contributed by atoms with Gasteiger partial charge in [-0.3, -0.25) is 8.97 Å². The minimum Gasteiger partial charge on any atom is -0.497 e. The second-order valence-electron chi connectivity index (χ2n) is 14.1. The van der Waals surface area contributed by atoms with Gasteiger partial charge in [-0.25, -0.2) is 15.0 Å². The minimum atomic E-state index is -2.04. The van der Waals surface area contributed by atoms with E-state index in [2.05, 4.69) is 67.7 Å². The highest BCUT2D eigenvalue weighted by molar-refractivity contribution is 6.74. The standard InChI is InChI=1S/C29H45N5O4Si2/c1-28(2,3)39(8,9)36-16-23-22(38-40(10,11)29(4,5)6)15-24(37-23)34-17-30-25-26(34)31-18-33-21-14-19(35-7)12-13-20(21)32-27(25)33/h12-14,17-18,22-24H,15-16H2,1-11H3/t22-,23+,24+/m0/s1. The second-order valence-corrected chi connectivity index (χ2v) is 23.6. The Morgan fingerprint density at radius 3 is 2.30 bits per heavy atom. The van der Waals surface area contributed by atoms with Crippen molar-refractivity contribution in [1.29, 1.82) is 0 Å². The van der Waals surface area contributed by atoms with Crippen molar-refractivity contribution >= 4 is 44.5 Å². The van der Waals surface area contributed by atoms with Gasteiger partial charge in [-0.1, -0.05) is 41.5 Å². The molecule has 0 amide bonds. The predicted molar refractivity (Wildman–Crippen MR) is 164 cm³/mol. The van der Waals surface area contributed by atoms with E-state index in [0.29, 0.717) is 13.0 Å². The number of imidazole rings is 2. The molecular weight excluding hydrogens is 539 g/mol. The molecule has 1 saturated heterocycles. The van der Waals surface area contributed by atoms with Crippen molar-refractivity contribution in [3.05, 3.63) is 30.9 Å². The molecule has 0 N–H and O–H groups in total. The Bertz CT molecular complexity index is 1530. The number of rotatable bonds is 7. The summed E-state index contributed by atoms with van der Waals surface area (Å²) in [6.07, 6.45) is 3.84. The van der Waals surface area contributed by atoms with Crippen LogP contribution in [0.3, 0.4) is 0 Å². The molecule has 1 aliphatic rings. The molecule has 0 spiro atoms. The zero-order valence-electron chi connectivity index (χ0n) is 25.9. The molecule has 3 aromatic heterocycles. The number of hydrogen-bond donors (Lipinski definition) is 0. The van der Waals surface area contributed by atoms with Gasteiger partial charge in [0, 0.05) is 12.5 Å². The highest BCUT2D eigenvalue weighted by Gasteiger charge is 2.47. The SMILES string of the molecule is COc1ccc2nc3c4ncn([C@H]5C[C@H](O[Si](C)(C)C(C)(C)C)[C@@H](CO[Si](C)(C)C(C)(C)C)O5)c4ncn3c2c1. The van der Waals surface area contributed by atoms with Gasteiger partial charge in [-0.15, -0.1) is 0 Å². The van der Waals surface area contributed by atoms with Crippen LogP contribution in [0.15, 0.2) is 30.9 Å². The third-order valence-electron chi connectivity index (χ3n) is 9.33. The normalized spacial score (nSPS) is 21.2. The first kappa shape index (κ1) is 29.2. The highest BCUT2D eigenvalue weighted by Crippen LogP contribution is 2.43. The first-order valence-corrected chi connectivity index (χ1v) is 20.0. The lowest BCUT2D eigenvalue weighted by molar-refractivity contribution is -0.0383. The van der Waals surface area contributed by atoms with Gasteiger partial charge < -0.3 is 18.3 Å². The van der Waals surface area contributed by atoms with Crippen molar-refractivity contribution in [3.8, 4) is 5.75 Å². The van der Waals surface area contributed by atoms with Crippen LogP contribution < -0.4 is 4.74 Å². The van der Waals surface area contributed by atoms with Gasteiger partial charge in [0.15, 0.2) is 33.4 Å². The first-order valence-electron chi connectivity index (χ1n) is 14.2. The average Bonchev–Trinajstić information content (AvgIpc) is 3.55. The molecule has 0 aliphatic carbocycles. The molecule has 4 heterocycles. The van der Waals surface area contributed by atoms with Crippen molar-refractivity contribution in [2.24, 2.45) is 0 Å². The third-order valence-corrected chi connectivity index (χ3v) is 18.3. The fraction of sp³-hybridized carbons (Fsp3) is 0.621. The van der Waals surface area contributed by atoms with E-state index < -0.39 is 16.6 Å². The molecule has 0 saturated carbocycles. The van der Waals surface area contributed by atoms with Crippen LogP contribution in [0.5, 0.6) is 5.75 Å². The van der Waals surface area contributed by atoms with Crippen LogP contribution in [0.2, 0.25) is 36.3 Å². The van der Waals surface area contributed by atoms with Crippen molar-refractivity contribution in [1.82, 2.24) is 23.9 Å². The van der Waals surface area contributed by atoms with Gasteiger partial charge >= 0.3 is 0 Å². The van der Waals surface area contributed by atoms with Crippen molar-refractivity contribution < 1.29 is 18.3 Å². The van der Waals surface area contributed by atoms with Gasteiger partial charge in [0.1, 0.15) is 24.4 Å². The van der Waals surface area contributed by atoms with E-state index in [1.807, 2.05) is 33.5 Å². The molecule has 40 heavy (non-hydrogen) atoms. The maximum atomic E-state index is 6.97. The van der Waals surface area contributed by atoms with E-state index in [4.69, 9.17) is 33.3 Å². The van der Waals surface area contributed by atoms with Gasteiger partial charge in [0.25, 0.3) is 0 Å². The zero-order chi connectivity index (χ0) is 29.3. The molecule has 218 valence electrons. The summed E-state index contributed by atoms with van der Waals surface area (Å²) in [6.45, 7) is 23.3. The first-order chi connectivity index (χ1) is 18.5. The number of aromatic nitrogens is 5. The zero-order valence-corrected chi connectivity index (χ0v) is 27.9. The average molecular weight is 584 g/mol. The van der Waals surface area contributed by atoms with Gasteiger partial charge in [-0.05, 0) is 48.4 Å². The van der Waals surface area contributed by atoms with Crippen LogP contribution in [-0.4, -0.2) is 66.5 Å². The van der Waals surface area contributed by atoms with E-state index in [-0.39, 0.29) is 28.5 Å². The monoisotopic (exact) mass is 583 g/mol. The number of hydrogen-bond acceptors (Lipinski definition) is 7. The topological polar surface area (TPSA) is 84.9 Å². The maximum absolute atomic E-state index is 6.97. The van der Waals surface area contributed by atoms with Gasteiger partial charge in [0.05, 0.1) is 37.2 Å². The Morgan fingerprint density at radius 1 is 0.950 bits per heavy atom. The molecule has 11 heteroatoms. The van der Waals surface area contributed by atoms with Crippen LogP contribution in [0, 0.1) is 0 Å². The van der Waals surface area contributed by atoms with Crippen LogP contribution in [-0.2, 0) is 13.6 Å². The second kappa shape index (κ2) is 9.90. The van der Waals surface area contributed by atoms with Gasteiger partial charge in [0.2, 0.25) is 0 Å². The van der Waals surface area contributed by atoms with E-state index >= 15 is 0 Å². The van der Waals surface area contributed by atoms with E-state index in [1.54, 1.807) is 13.4 Å². The number of fused-ring (bicyclic) bond motifs is 5. The van der Waals surface area contributed by atoms with Crippen LogP contribution >= 0.6 is 0 Å². The largest absolute Gasteiger partial charge is 0.497 e. The molecule has 5 rings (SSSR count). The lowest BCUT2D eigenvalue weighted by atomic mass is 10.2. The molecule has 1 aromatic carbocycles. The van der Waals surface area contributed by atoms with E-state index in [0.717, 1.165) is 33.6 Å². The van der Waals surface area contributed by atoms with Crippen molar-refractivity contribution in [3.63, 3.8) is 0 Å². The van der Waals surface area contributed by atoms with Crippen LogP contribution in [0.4, 0.5) is 0 Å². The summed E-state index contributed by atoms with van der Waals surface area (Å²) in [5.74, 6) is 0.776. The quantitative estimate of drug-likeness (QED) is 0.218. The molecular formula is C29H45N5O4Si2. The Morgan fingerprint density at radius 2 is 1.65 bits per heavy atom. The van der Waals surface area contributed by atoms with Gasteiger partial charge in [-0.2, -0.15) is 0 Å². The number of benzene rings is 1.